The van der Waals surface area contributed by atoms with Gasteiger partial charge in [-0.3, -0.25) is 4.57 Å². The second-order valence-electron chi connectivity index (χ2n) is 5.00. The zero-order valence-corrected chi connectivity index (χ0v) is 12.1. The van der Waals surface area contributed by atoms with Crippen molar-refractivity contribution in [2.24, 2.45) is 0 Å². The van der Waals surface area contributed by atoms with E-state index in [4.69, 9.17) is 5.11 Å². The highest BCUT2D eigenvalue weighted by atomic mass is 16.4. The van der Waals surface area contributed by atoms with Crippen molar-refractivity contribution in [1.82, 2.24) is 9.55 Å². The van der Waals surface area contributed by atoms with Gasteiger partial charge in [-0.25, -0.2) is 9.78 Å². The predicted octanol–water partition coefficient (Wildman–Crippen LogP) is -1.66. The summed E-state index contributed by atoms with van der Waals surface area (Å²) in [5.41, 5.74) is -0.255. The number of benzene rings is 1. The van der Waals surface area contributed by atoms with Crippen molar-refractivity contribution in [2.75, 3.05) is 6.61 Å². The van der Waals surface area contributed by atoms with Crippen molar-refractivity contribution in [1.29, 1.82) is 0 Å². The summed E-state index contributed by atoms with van der Waals surface area (Å²) < 4.78 is 1.09. The molecule has 23 heavy (non-hydrogen) atoms. The Morgan fingerprint density at radius 1 is 1.00 bits per heavy atom. The summed E-state index contributed by atoms with van der Waals surface area (Å²) in [6, 6.07) is 9.67. The second-order valence-corrected chi connectivity index (χ2v) is 5.00. The minimum Gasteiger partial charge on any atom is -0.394 e. The molecule has 1 unspecified atom stereocenters. The van der Waals surface area contributed by atoms with E-state index in [9.17, 15) is 25.2 Å². The van der Waals surface area contributed by atoms with Crippen LogP contribution in [0, 0.1) is 0 Å². The molecule has 1 aromatic heterocycles. The summed E-state index contributed by atoms with van der Waals surface area (Å²) >= 11 is 0. The van der Waals surface area contributed by atoms with Crippen LogP contribution < -0.4 is 5.69 Å². The van der Waals surface area contributed by atoms with Gasteiger partial charge in [0.1, 0.15) is 24.4 Å². The van der Waals surface area contributed by atoms with Gasteiger partial charge >= 0.3 is 5.69 Å². The Kier molecular flexibility index (Phi) is 5.59. The van der Waals surface area contributed by atoms with Gasteiger partial charge < -0.3 is 25.5 Å². The van der Waals surface area contributed by atoms with Crippen LogP contribution >= 0.6 is 0 Å². The number of aromatic nitrogens is 2. The first kappa shape index (κ1) is 17.3. The van der Waals surface area contributed by atoms with E-state index in [0.29, 0.717) is 5.69 Å². The van der Waals surface area contributed by atoms with Gasteiger partial charge in [0.15, 0.2) is 0 Å². The fourth-order valence-corrected chi connectivity index (χ4v) is 2.18. The lowest BCUT2D eigenvalue weighted by molar-refractivity contribution is -0.117. The Bertz CT molecular complexity index is 690. The van der Waals surface area contributed by atoms with Crippen LogP contribution in [0.4, 0.5) is 0 Å². The summed E-state index contributed by atoms with van der Waals surface area (Å²) in [5.74, 6) is 0. The van der Waals surface area contributed by atoms with Crippen LogP contribution in [0.25, 0.3) is 5.69 Å². The van der Waals surface area contributed by atoms with Crippen molar-refractivity contribution >= 4 is 0 Å². The zero-order chi connectivity index (χ0) is 17.0. The first-order valence-electron chi connectivity index (χ1n) is 6.94. The molecule has 124 valence electrons. The van der Waals surface area contributed by atoms with Gasteiger partial charge in [-0.1, -0.05) is 18.2 Å². The smallest absolute Gasteiger partial charge is 0.352 e. The van der Waals surface area contributed by atoms with Crippen LogP contribution in [0.3, 0.4) is 0 Å². The van der Waals surface area contributed by atoms with Crippen molar-refractivity contribution in [3.05, 3.63) is 58.8 Å². The van der Waals surface area contributed by atoms with Crippen LogP contribution in [0.15, 0.2) is 47.4 Å². The van der Waals surface area contributed by atoms with Crippen LogP contribution in [-0.4, -0.2) is 60.0 Å². The van der Waals surface area contributed by atoms with Gasteiger partial charge in [-0.05, 0) is 18.2 Å². The molecule has 0 spiro atoms. The molecule has 1 heterocycles. The first-order valence-corrected chi connectivity index (χ1v) is 6.94. The molecule has 0 saturated heterocycles. The van der Waals surface area contributed by atoms with E-state index in [1.807, 2.05) is 0 Å². The molecule has 0 fully saturated rings. The molecular formula is C15H18N2O6. The maximum absolute atomic E-state index is 12.0. The Morgan fingerprint density at radius 3 is 2.26 bits per heavy atom. The second kappa shape index (κ2) is 7.44. The first-order chi connectivity index (χ1) is 11.0. The third-order valence-electron chi connectivity index (χ3n) is 3.45. The monoisotopic (exact) mass is 322 g/mol. The molecular weight excluding hydrogens is 304 g/mol. The fraction of sp³-hybridized carbons (Fsp3) is 0.333. The van der Waals surface area contributed by atoms with Crippen molar-refractivity contribution in [2.45, 2.75) is 24.4 Å². The average molecular weight is 322 g/mol. The van der Waals surface area contributed by atoms with Gasteiger partial charge in [-0.15, -0.1) is 0 Å². The zero-order valence-electron chi connectivity index (χ0n) is 12.1. The van der Waals surface area contributed by atoms with E-state index >= 15 is 0 Å². The van der Waals surface area contributed by atoms with Gasteiger partial charge in [0.2, 0.25) is 0 Å². The molecule has 0 bridgehead atoms. The summed E-state index contributed by atoms with van der Waals surface area (Å²) in [6.45, 7) is -0.785. The number of rotatable bonds is 6. The van der Waals surface area contributed by atoms with E-state index in [1.165, 1.54) is 12.3 Å². The van der Waals surface area contributed by atoms with Crippen molar-refractivity contribution in [3.8, 4) is 5.69 Å². The summed E-state index contributed by atoms with van der Waals surface area (Å²) in [5, 5.41) is 48.2. The lowest BCUT2D eigenvalue weighted by atomic mass is 10.0. The van der Waals surface area contributed by atoms with Crippen LogP contribution in [0.5, 0.6) is 0 Å². The van der Waals surface area contributed by atoms with Gasteiger partial charge in [0.25, 0.3) is 0 Å². The van der Waals surface area contributed by atoms with Gasteiger partial charge in [0.05, 0.1) is 18.0 Å². The maximum atomic E-state index is 12.0. The number of hydrogen-bond donors (Lipinski definition) is 5. The molecule has 0 aliphatic rings. The highest BCUT2D eigenvalue weighted by Gasteiger charge is 2.32. The van der Waals surface area contributed by atoms with Crippen molar-refractivity contribution in [3.63, 3.8) is 0 Å². The largest absolute Gasteiger partial charge is 0.394 e. The Balaban J connectivity index is 2.44. The van der Waals surface area contributed by atoms with Crippen LogP contribution in [0.1, 0.15) is 11.8 Å². The standard InChI is InChI=1S/C15H18N2O6/c18-8-11(19)13(21)14(22)12(20)10-6-7-16-15(23)17(10)9-4-2-1-3-5-9/h1-7,11-14,18-22H,8H2/t11-,12?,13+,14+/m1/s1. The quantitative estimate of drug-likeness (QED) is 0.429. The molecule has 5 N–H and O–H groups in total. The van der Waals surface area contributed by atoms with E-state index in [2.05, 4.69) is 4.98 Å². The van der Waals surface area contributed by atoms with E-state index < -0.39 is 36.7 Å². The maximum Gasteiger partial charge on any atom is 0.352 e. The third kappa shape index (κ3) is 3.63. The number of aliphatic hydroxyl groups excluding tert-OH is 5. The molecule has 0 saturated carbocycles. The molecule has 2 aromatic rings. The summed E-state index contributed by atoms with van der Waals surface area (Å²) in [6.07, 6.45) is -5.74. The highest BCUT2D eigenvalue weighted by Crippen LogP contribution is 2.21. The summed E-state index contributed by atoms with van der Waals surface area (Å²) in [7, 11) is 0. The Hall–Kier alpha value is -2.10. The molecule has 0 radical (unpaired) electrons. The lowest BCUT2D eigenvalue weighted by Gasteiger charge is -2.27. The number of aliphatic hydroxyl groups is 5. The number of hydrogen-bond acceptors (Lipinski definition) is 7. The Labute approximate surface area is 131 Å². The van der Waals surface area contributed by atoms with E-state index in [-0.39, 0.29) is 5.69 Å². The number of nitrogens with zero attached hydrogens (tertiary/aromatic N) is 2. The molecule has 0 amide bonds. The molecule has 0 aliphatic heterocycles. The van der Waals surface area contributed by atoms with Crippen molar-refractivity contribution < 1.29 is 25.5 Å². The van der Waals surface area contributed by atoms with E-state index in [0.717, 1.165) is 4.57 Å². The topological polar surface area (TPSA) is 136 Å². The Morgan fingerprint density at radius 2 is 1.65 bits per heavy atom. The lowest BCUT2D eigenvalue weighted by Crippen LogP contribution is -2.43. The molecule has 8 nitrogen and oxygen atoms in total. The highest BCUT2D eigenvalue weighted by molar-refractivity contribution is 5.34. The third-order valence-corrected chi connectivity index (χ3v) is 3.45. The van der Waals surface area contributed by atoms with Gasteiger partial charge in [-0.2, -0.15) is 0 Å². The fourth-order valence-electron chi connectivity index (χ4n) is 2.18. The van der Waals surface area contributed by atoms with Gasteiger partial charge in [0, 0.05) is 6.20 Å². The van der Waals surface area contributed by atoms with Crippen LogP contribution in [0.2, 0.25) is 0 Å². The molecule has 4 atom stereocenters. The normalized spacial score (nSPS) is 16.6. The molecule has 2 rings (SSSR count). The SMILES string of the molecule is O=c1nccc(C(O)[C@H](O)[C@@H](O)[C@H](O)CO)n1-c1ccccc1. The minimum absolute atomic E-state index is 0.00658. The molecule has 1 aromatic carbocycles. The minimum atomic E-state index is -1.81. The predicted molar refractivity (Wildman–Crippen MR) is 79.9 cm³/mol. The van der Waals surface area contributed by atoms with Crippen LogP contribution in [-0.2, 0) is 0 Å². The molecule has 8 heteroatoms. The van der Waals surface area contributed by atoms with E-state index in [1.54, 1.807) is 30.3 Å². The number of para-hydroxylation sites is 1. The molecule has 0 aliphatic carbocycles. The summed E-state index contributed by atoms with van der Waals surface area (Å²) in [4.78, 5) is 15.7. The average Bonchev–Trinajstić information content (AvgIpc) is 2.59.